The first kappa shape index (κ1) is 22.3. The molecule has 1 amide bonds. The minimum Gasteiger partial charge on any atom is -0.494 e. The van der Waals surface area contributed by atoms with Crippen molar-refractivity contribution in [3.63, 3.8) is 0 Å². The number of benzene rings is 1. The van der Waals surface area contributed by atoms with Gasteiger partial charge in [0.1, 0.15) is 5.75 Å². The lowest BCUT2D eigenvalue weighted by molar-refractivity contribution is -0.134. The van der Waals surface area contributed by atoms with Gasteiger partial charge in [-0.15, -0.1) is 10.2 Å². The van der Waals surface area contributed by atoms with E-state index in [1.54, 1.807) is 12.4 Å². The summed E-state index contributed by atoms with van der Waals surface area (Å²) >= 11 is 1.42. The van der Waals surface area contributed by atoms with E-state index in [-0.39, 0.29) is 18.0 Å². The van der Waals surface area contributed by atoms with Crippen LogP contribution >= 0.6 is 11.8 Å². The van der Waals surface area contributed by atoms with Crippen molar-refractivity contribution in [3.05, 3.63) is 48.8 Å². The number of ether oxygens (including phenoxy) is 1. The summed E-state index contributed by atoms with van der Waals surface area (Å²) in [5.74, 6) is 1.98. The van der Waals surface area contributed by atoms with Crippen molar-refractivity contribution in [2.24, 2.45) is 0 Å². The molecule has 0 saturated carbocycles. The lowest BCUT2D eigenvalue weighted by Gasteiger charge is -2.39. The van der Waals surface area contributed by atoms with Gasteiger partial charge in [-0.2, -0.15) is 0 Å². The fourth-order valence-corrected chi connectivity index (χ4v) is 5.07. The normalized spacial score (nSPS) is 18.5. The predicted molar refractivity (Wildman–Crippen MR) is 126 cm³/mol. The van der Waals surface area contributed by atoms with Crippen LogP contribution < -0.4 is 4.74 Å². The number of hydrogen-bond donors (Lipinski definition) is 0. The Morgan fingerprint density at radius 3 is 2.53 bits per heavy atom. The summed E-state index contributed by atoms with van der Waals surface area (Å²) in [5.41, 5.74) is 1.78. The van der Waals surface area contributed by atoms with Crippen LogP contribution in [0.25, 0.3) is 17.1 Å². The summed E-state index contributed by atoms with van der Waals surface area (Å²) in [6.45, 7) is 6.86. The molecule has 1 saturated heterocycles. The third-order valence-corrected chi connectivity index (χ3v) is 6.68. The van der Waals surface area contributed by atoms with Crippen LogP contribution in [0.3, 0.4) is 0 Å². The van der Waals surface area contributed by atoms with Crippen LogP contribution in [0.4, 0.5) is 0 Å². The zero-order valence-electron chi connectivity index (χ0n) is 18.8. The Morgan fingerprint density at radius 1 is 1.12 bits per heavy atom. The monoisotopic (exact) mass is 451 g/mol. The standard InChI is InChI=1S/C24H29N5O2S/c1-4-31-21-12-10-20(11-13-21)29-23(19-9-6-14-25-15-19)26-27-24(29)32-16-22(30)28-17(2)7-5-8-18(28)3/h6,9-15,17-18H,4-5,7-8,16H2,1-3H3. The number of hydrogen-bond acceptors (Lipinski definition) is 6. The highest BCUT2D eigenvalue weighted by Crippen LogP contribution is 2.30. The number of likely N-dealkylation sites (tertiary alicyclic amines) is 1. The van der Waals surface area contributed by atoms with Crippen LogP contribution in [0.2, 0.25) is 0 Å². The summed E-state index contributed by atoms with van der Waals surface area (Å²) in [5, 5.41) is 9.55. The van der Waals surface area contributed by atoms with Gasteiger partial charge in [0.2, 0.25) is 5.91 Å². The SMILES string of the molecule is CCOc1ccc(-n2c(SCC(=O)N3C(C)CCCC3C)nnc2-c2cccnc2)cc1. The average Bonchev–Trinajstić information content (AvgIpc) is 3.23. The highest BCUT2D eigenvalue weighted by molar-refractivity contribution is 7.99. The predicted octanol–water partition coefficient (Wildman–Crippen LogP) is 4.61. The van der Waals surface area contributed by atoms with Crippen molar-refractivity contribution in [1.29, 1.82) is 0 Å². The number of thioether (sulfide) groups is 1. The molecule has 3 heterocycles. The number of pyridine rings is 1. The van der Waals surface area contributed by atoms with E-state index >= 15 is 0 Å². The maximum Gasteiger partial charge on any atom is 0.233 e. The molecule has 0 bridgehead atoms. The Labute approximate surface area is 193 Å². The molecule has 0 aliphatic carbocycles. The van der Waals surface area contributed by atoms with E-state index < -0.39 is 0 Å². The number of rotatable bonds is 7. The van der Waals surface area contributed by atoms with Crippen LogP contribution in [0.15, 0.2) is 53.9 Å². The number of carbonyl (C=O) groups is 1. The van der Waals surface area contributed by atoms with Gasteiger partial charge in [-0.05, 0) is 76.4 Å². The average molecular weight is 452 g/mol. The van der Waals surface area contributed by atoms with Crippen LogP contribution in [-0.4, -0.2) is 55.0 Å². The molecule has 0 radical (unpaired) electrons. The van der Waals surface area contributed by atoms with Gasteiger partial charge in [0.15, 0.2) is 11.0 Å². The summed E-state index contributed by atoms with van der Waals surface area (Å²) < 4.78 is 7.56. The van der Waals surface area contributed by atoms with Crippen molar-refractivity contribution >= 4 is 17.7 Å². The maximum absolute atomic E-state index is 13.1. The van der Waals surface area contributed by atoms with Gasteiger partial charge in [0.05, 0.1) is 12.4 Å². The lowest BCUT2D eigenvalue weighted by atomic mass is 9.98. The minimum atomic E-state index is 0.152. The van der Waals surface area contributed by atoms with Crippen LogP contribution in [-0.2, 0) is 4.79 Å². The molecular weight excluding hydrogens is 422 g/mol. The minimum absolute atomic E-state index is 0.152. The third-order valence-electron chi connectivity index (χ3n) is 5.77. The van der Waals surface area contributed by atoms with E-state index in [1.807, 2.05) is 52.8 Å². The number of amides is 1. The summed E-state index contributed by atoms with van der Waals surface area (Å²) in [7, 11) is 0. The first-order valence-electron chi connectivity index (χ1n) is 11.1. The zero-order valence-corrected chi connectivity index (χ0v) is 19.6. The molecule has 7 nitrogen and oxygen atoms in total. The lowest BCUT2D eigenvalue weighted by Crippen LogP contribution is -2.48. The molecule has 2 unspecified atom stereocenters. The van der Waals surface area contributed by atoms with Crippen LogP contribution in [0.5, 0.6) is 5.75 Å². The van der Waals surface area contributed by atoms with Crippen molar-refractivity contribution in [3.8, 4) is 22.8 Å². The zero-order chi connectivity index (χ0) is 22.5. The van der Waals surface area contributed by atoms with E-state index in [0.29, 0.717) is 23.3 Å². The molecular formula is C24H29N5O2S. The molecule has 32 heavy (non-hydrogen) atoms. The molecule has 1 aliphatic heterocycles. The molecule has 1 fully saturated rings. The van der Waals surface area contributed by atoms with Gasteiger partial charge in [-0.1, -0.05) is 11.8 Å². The van der Waals surface area contributed by atoms with Crippen molar-refractivity contribution < 1.29 is 9.53 Å². The Morgan fingerprint density at radius 2 is 1.88 bits per heavy atom. The van der Waals surface area contributed by atoms with Crippen LogP contribution in [0, 0.1) is 0 Å². The molecule has 0 spiro atoms. The summed E-state index contributed by atoms with van der Waals surface area (Å²) in [4.78, 5) is 19.3. The molecule has 8 heteroatoms. The number of nitrogens with zero attached hydrogens (tertiary/aromatic N) is 5. The Hall–Kier alpha value is -2.87. The van der Waals surface area contributed by atoms with E-state index in [4.69, 9.17) is 4.74 Å². The van der Waals surface area contributed by atoms with Gasteiger partial charge in [0.25, 0.3) is 0 Å². The molecule has 2 atom stereocenters. The second-order valence-corrected chi connectivity index (χ2v) is 8.97. The molecule has 2 aromatic heterocycles. The van der Waals surface area contributed by atoms with Crippen molar-refractivity contribution in [1.82, 2.24) is 24.6 Å². The molecule has 4 rings (SSSR count). The van der Waals surface area contributed by atoms with Crippen molar-refractivity contribution in [2.75, 3.05) is 12.4 Å². The highest BCUT2D eigenvalue weighted by Gasteiger charge is 2.29. The first-order valence-corrected chi connectivity index (χ1v) is 12.1. The number of carbonyl (C=O) groups excluding carboxylic acids is 1. The maximum atomic E-state index is 13.1. The van der Waals surface area contributed by atoms with Crippen LogP contribution in [0.1, 0.15) is 40.0 Å². The fraction of sp³-hybridized carbons (Fsp3) is 0.417. The quantitative estimate of drug-likeness (QED) is 0.489. The fourth-order valence-electron chi connectivity index (χ4n) is 4.25. The second-order valence-electron chi connectivity index (χ2n) is 8.03. The molecule has 1 aromatic carbocycles. The largest absolute Gasteiger partial charge is 0.494 e. The van der Waals surface area contributed by atoms with E-state index in [0.717, 1.165) is 29.8 Å². The number of aromatic nitrogens is 4. The van der Waals surface area contributed by atoms with E-state index in [2.05, 4.69) is 29.0 Å². The molecule has 3 aromatic rings. The topological polar surface area (TPSA) is 73.1 Å². The van der Waals surface area contributed by atoms with Gasteiger partial charge in [-0.25, -0.2) is 0 Å². The molecule has 1 aliphatic rings. The Balaban J connectivity index is 1.62. The molecule has 168 valence electrons. The smallest absolute Gasteiger partial charge is 0.233 e. The Kier molecular flexibility index (Phi) is 7.09. The van der Waals surface area contributed by atoms with Gasteiger partial charge in [-0.3, -0.25) is 14.3 Å². The molecule has 0 N–H and O–H groups in total. The number of piperidine rings is 1. The third kappa shape index (κ3) is 4.80. The summed E-state index contributed by atoms with van der Waals surface area (Å²) in [6.07, 6.45) is 6.81. The van der Waals surface area contributed by atoms with Gasteiger partial charge in [0, 0.05) is 35.7 Å². The summed E-state index contributed by atoms with van der Waals surface area (Å²) in [6, 6.07) is 12.2. The first-order chi connectivity index (χ1) is 15.6. The van der Waals surface area contributed by atoms with Crippen molar-refractivity contribution in [2.45, 2.75) is 57.3 Å². The Bertz CT molecular complexity index is 1030. The van der Waals surface area contributed by atoms with E-state index in [1.165, 1.54) is 18.2 Å². The second kappa shape index (κ2) is 10.2. The van der Waals surface area contributed by atoms with Gasteiger partial charge < -0.3 is 9.64 Å². The highest BCUT2D eigenvalue weighted by atomic mass is 32.2. The van der Waals surface area contributed by atoms with Gasteiger partial charge >= 0.3 is 0 Å². The van der Waals surface area contributed by atoms with E-state index in [9.17, 15) is 4.79 Å².